The molecule has 2 aromatic carbocycles. The molecule has 6 heteroatoms. The Morgan fingerprint density at radius 2 is 1.79 bits per heavy atom. The molecule has 0 unspecified atom stereocenters. The number of aryl methyl sites for hydroxylation is 1. The van der Waals surface area contributed by atoms with Crippen molar-refractivity contribution < 1.29 is 18.7 Å². The first-order valence-electron chi connectivity index (χ1n) is 9.00. The van der Waals surface area contributed by atoms with Gasteiger partial charge in [-0.25, -0.2) is 14.2 Å². The lowest BCUT2D eigenvalue weighted by Gasteiger charge is -2.10. The van der Waals surface area contributed by atoms with Gasteiger partial charge in [0.05, 0.1) is 22.5 Å². The number of fused-ring (bicyclic) bond motifs is 1. The number of benzene rings is 2. The molecule has 0 aliphatic rings. The molecule has 0 bridgehead atoms. The molecule has 2 aromatic heterocycles. The van der Waals surface area contributed by atoms with Crippen LogP contribution in [0.25, 0.3) is 22.2 Å². The van der Waals surface area contributed by atoms with E-state index in [1.165, 1.54) is 12.1 Å². The van der Waals surface area contributed by atoms with Crippen LogP contribution < -0.4 is 0 Å². The number of hydrogen-bond acceptors (Lipinski definition) is 4. The lowest BCUT2D eigenvalue weighted by molar-refractivity contribution is 0.0474. The first kappa shape index (κ1) is 18.6. The zero-order valence-electron chi connectivity index (χ0n) is 15.6. The Kier molecular flexibility index (Phi) is 4.91. The van der Waals surface area contributed by atoms with Gasteiger partial charge < -0.3 is 9.30 Å². The number of nitrogens with zero attached hydrogens (tertiary/aromatic N) is 2. The third-order valence-corrected chi connectivity index (χ3v) is 4.64. The van der Waals surface area contributed by atoms with Gasteiger partial charge in [-0.3, -0.25) is 4.79 Å². The Bertz CT molecular complexity index is 1210. The van der Waals surface area contributed by atoms with Gasteiger partial charge in [0.25, 0.3) is 0 Å². The fourth-order valence-electron chi connectivity index (χ4n) is 3.15. The summed E-state index contributed by atoms with van der Waals surface area (Å²) in [6.45, 7) is -0.362. The van der Waals surface area contributed by atoms with Crippen molar-refractivity contribution in [3.05, 3.63) is 90.0 Å². The van der Waals surface area contributed by atoms with E-state index in [2.05, 4.69) is 4.98 Å². The van der Waals surface area contributed by atoms with Crippen LogP contribution in [-0.4, -0.2) is 27.9 Å². The highest BCUT2D eigenvalue weighted by atomic mass is 19.1. The summed E-state index contributed by atoms with van der Waals surface area (Å²) in [4.78, 5) is 29.7. The van der Waals surface area contributed by atoms with Gasteiger partial charge in [0, 0.05) is 24.2 Å². The van der Waals surface area contributed by atoms with Crippen molar-refractivity contribution in [3.8, 4) is 11.3 Å². The molecule has 5 nitrogen and oxygen atoms in total. The van der Waals surface area contributed by atoms with Crippen LogP contribution in [0.3, 0.4) is 0 Å². The summed E-state index contributed by atoms with van der Waals surface area (Å²) < 4.78 is 20.2. The van der Waals surface area contributed by atoms with Crippen LogP contribution in [0.2, 0.25) is 0 Å². The topological polar surface area (TPSA) is 61.2 Å². The number of aromatic nitrogens is 2. The fraction of sp³-hybridized carbons (Fsp3) is 0.0870. The molecule has 2 heterocycles. The zero-order valence-corrected chi connectivity index (χ0v) is 15.6. The van der Waals surface area contributed by atoms with Crippen molar-refractivity contribution in [1.29, 1.82) is 0 Å². The smallest absolute Gasteiger partial charge is 0.339 e. The summed E-state index contributed by atoms with van der Waals surface area (Å²) in [6, 6.07) is 18.1. The van der Waals surface area contributed by atoms with Crippen LogP contribution >= 0.6 is 0 Å². The second kappa shape index (κ2) is 7.67. The van der Waals surface area contributed by atoms with Gasteiger partial charge in [-0.05, 0) is 48.5 Å². The minimum absolute atomic E-state index is 0.289. The van der Waals surface area contributed by atoms with E-state index in [1.54, 1.807) is 66.3 Å². The molecule has 0 radical (unpaired) electrons. The number of pyridine rings is 1. The maximum absolute atomic E-state index is 13.3. The monoisotopic (exact) mass is 388 g/mol. The number of para-hydroxylation sites is 1. The number of esters is 1. The van der Waals surface area contributed by atoms with E-state index in [1.807, 2.05) is 6.07 Å². The largest absolute Gasteiger partial charge is 0.454 e. The van der Waals surface area contributed by atoms with Gasteiger partial charge in [-0.1, -0.05) is 18.2 Å². The van der Waals surface area contributed by atoms with Crippen molar-refractivity contribution >= 4 is 22.7 Å². The Morgan fingerprint density at radius 1 is 1.03 bits per heavy atom. The molecule has 0 atom stereocenters. The van der Waals surface area contributed by atoms with Crippen LogP contribution in [0, 0.1) is 5.82 Å². The Morgan fingerprint density at radius 3 is 2.52 bits per heavy atom. The average molecular weight is 388 g/mol. The maximum Gasteiger partial charge on any atom is 0.339 e. The normalized spacial score (nSPS) is 10.8. The number of halogens is 1. The van der Waals surface area contributed by atoms with E-state index in [0.717, 1.165) is 0 Å². The molecule has 144 valence electrons. The van der Waals surface area contributed by atoms with E-state index in [0.29, 0.717) is 33.4 Å². The number of hydrogen-bond donors (Lipinski definition) is 0. The molecule has 0 aliphatic carbocycles. The summed E-state index contributed by atoms with van der Waals surface area (Å²) in [7, 11) is 1.75. The molecule has 4 aromatic rings. The summed E-state index contributed by atoms with van der Waals surface area (Å²) in [5, 5.41) is 0.620. The summed E-state index contributed by atoms with van der Waals surface area (Å²) in [5.41, 5.74) is 2.56. The Labute approximate surface area is 166 Å². The van der Waals surface area contributed by atoms with E-state index < -0.39 is 5.97 Å². The van der Waals surface area contributed by atoms with Gasteiger partial charge in [0.15, 0.2) is 6.61 Å². The minimum Gasteiger partial charge on any atom is -0.454 e. The predicted molar refractivity (Wildman–Crippen MR) is 107 cm³/mol. The number of ketones is 1. The molecule has 0 N–H and O–H groups in total. The molecule has 4 rings (SSSR count). The molecule has 0 fully saturated rings. The molecule has 0 amide bonds. The second-order valence-corrected chi connectivity index (χ2v) is 6.58. The van der Waals surface area contributed by atoms with Crippen LogP contribution in [-0.2, 0) is 11.8 Å². The van der Waals surface area contributed by atoms with E-state index in [4.69, 9.17) is 4.74 Å². The number of carbonyl (C=O) groups excluding carboxylic acids is 2. The van der Waals surface area contributed by atoms with E-state index in [-0.39, 0.29) is 18.2 Å². The van der Waals surface area contributed by atoms with E-state index in [9.17, 15) is 14.0 Å². The second-order valence-electron chi connectivity index (χ2n) is 6.58. The number of carbonyl (C=O) groups is 2. The standard InChI is InChI=1S/C23H17FN2O3/c1-26-12-4-7-21(26)22(27)14-29-23(28)18-13-20(15-8-10-16(24)11-9-15)25-19-6-3-2-5-17(18)19/h2-13H,14H2,1H3. The molecule has 0 saturated carbocycles. The van der Waals surface area contributed by atoms with Crippen LogP contribution in [0.1, 0.15) is 20.8 Å². The van der Waals surface area contributed by atoms with Gasteiger partial charge in [0.2, 0.25) is 5.78 Å². The number of Topliss-reactive ketones (excluding diaryl/α,β-unsaturated/α-hetero) is 1. The van der Waals surface area contributed by atoms with Gasteiger partial charge in [-0.2, -0.15) is 0 Å². The van der Waals surface area contributed by atoms with Crippen molar-refractivity contribution in [3.63, 3.8) is 0 Å². The molecule has 29 heavy (non-hydrogen) atoms. The summed E-state index contributed by atoms with van der Waals surface area (Å²) in [5.74, 6) is -1.26. The highest BCUT2D eigenvalue weighted by Crippen LogP contribution is 2.25. The van der Waals surface area contributed by atoms with E-state index >= 15 is 0 Å². The molecular weight excluding hydrogens is 371 g/mol. The zero-order chi connectivity index (χ0) is 20.4. The van der Waals surface area contributed by atoms with Gasteiger partial charge in [-0.15, -0.1) is 0 Å². The first-order valence-corrected chi connectivity index (χ1v) is 9.00. The van der Waals surface area contributed by atoms with Gasteiger partial charge in [0.1, 0.15) is 5.82 Å². The van der Waals surface area contributed by atoms with Crippen molar-refractivity contribution in [2.75, 3.05) is 6.61 Å². The quantitative estimate of drug-likeness (QED) is 0.375. The van der Waals surface area contributed by atoms with Gasteiger partial charge >= 0.3 is 5.97 Å². The lowest BCUT2D eigenvalue weighted by Crippen LogP contribution is -2.17. The van der Waals surface area contributed by atoms with Crippen molar-refractivity contribution in [1.82, 2.24) is 9.55 Å². The summed E-state index contributed by atoms with van der Waals surface area (Å²) in [6.07, 6.45) is 1.75. The molecule has 0 aliphatic heterocycles. The number of ether oxygens (including phenoxy) is 1. The third kappa shape index (κ3) is 3.78. The fourth-order valence-corrected chi connectivity index (χ4v) is 3.15. The van der Waals surface area contributed by atoms with Crippen molar-refractivity contribution in [2.24, 2.45) is 7.05 Å². The molecular formula is C23H17FN2O3. The summed E-state index contributed by atoms with van der Waals surface area (Å²) >= 11 is 0. The highest BCUT2D eigenvalue weighted by Gasteiger charge is 2.18. The first-order chi connectivity index (χ1) is 14.0. The van der Waals surface area contributed by atoms with Crippen LogP contribution in [0.15, 0.2) is 72.9 Å². The maximum atomic E-state index is 13.3. The molecule has 0 saturated heterocycles. The molecule has 0 spiro atoms. The van der Waals surface area contributed by atoms with Crippen LogP contribution in [0.4, 0.5) is 4.39 Å². The van der Waals surface area contributed by atoms with Crippen molar-refractivity contribution in [2.45, 2.75) is 0 Å². The number of rotatable bonds is 5. The average Bonchev–Trinajstić information content (AvgIpc) is 3.17. The lowest BCUT2D eigenvalue weighted by atomic mass is 10.0. The Balaban J connectivity index is 1.66. The highest BCUT2D eigenvalue weighted by molar-refractivity contribution is 6.06. The third-order valence-electron chi connectivity index (χ3n) is 4.64. The predicted octanol–water partition coefficient (Wildman–Crippen LogP) is 4.42. The Hall–Kier alpha value is -3.80. The van der Waals surface area contributed by atoms with Crippen LogP contribution in [0.5, 0.6) is 0 Å². The minimum atomic E-state index is -0.616. The SMILES string of the molecule is Cn1cccc1C(=O)COC(=O)c1cc(-c2ccc(F)cc2)nc2ccccc12.